The number of thioether (sulfide) groups is 1. The Hall–Kier alpha value is -3.79. The van der Waals surface area contributed by atoms with Crippen LogP contribution in [-0.4, -0.2) is 44.4 Å². The molecule has 0 bridgehead atoms. The molecule has 1 saturated heterocycles. The van der Waals surface area contributed by atoms with Crippen molar-refractivity contribution in [3.05, 3.63) is 58.5 Å². The van der Waals surface area contributed by atoms with E-state index in [4.69, 9.17) is 14.9 Å². The van der Waals surface area contributed by atoms with E-state index in [9.17, 15) is 19.5 Å². The van der Waals surface area contributed by atoms with Crippen molar-refractivity contribution in [3.8, 4) is 11.5 Å². The van der Waals surface area contributed by atoms with E-state index in [-0.39, 0.29) is 22.3 Å². The van der Waals surface area contributed by atoms with Gasteiger partial charge < -0.3 is 25.4 Å². The first kappa shape index (κ1) is 21.9. The maximum atomic E-state index is 12.3. The zero-order valence-electron chi connectivity index (χ0n) is 16.2. The zero-order chi connectivity index (χ0) is 22.5. The number of carbonyl (C=O) groups excluding carboxylic acids is 1. The van der Waals surface area contributed by atoms with Crippen molar-refractivity contribution in [2.45, 2.75) is 19.4 Å². The van der Waals surface area contributed by atoms with Crippen LogP contribution in [0, 0.1) is 0 Å². The average molecular weight is 442 g/mol. The number of nitrogens with zero attached hydrogens (tertiary/aromatic N) is 1. The molecule has 1 aliphatic heterocycles. The molecule has 3 rings (SSSR count). The van der Waals surface area contributed by atoms with Gasteiger partial charge in [0, 0.05) is 6.07 Å². The number of carboxylic acids is 2. The molecule has 1 heterocycles. The van der Waals surface area contributed by atoms with Gasteiger partial charge in [0.05, 0.1) is 10.6 Å². The second-order valence-electron chi connectivity index (χ2n) is 6.41. The van der Waals surface area contributed by atoms with Gasteiger partial charge in [-0.3, -0.25) is 4.79 Å². The van der Waals surface area contributed by atoms with Gasteiger partial charge in [0.2, 0.25) is 0 Å². The second kappa shape index (κ2) is 9.35. The summed E-state index contributed by atoms with van der Waals surface area (Å²) < 4.78 is 5.47. The molecule has 1 aliphatic rings. The Bertz CT molecular complexity index is 1110. The maximum absolute atomic E-state index is 12.3. The van der Waals surface area contributed by atoms with E-state index in [2.05, 4.69) is 10.3 Å². The molecule has 31 heavy (non-hydrogen) atoms. The van der Waals surface area contributed by atoms with Crippen molar-refractivity contribution in [2.24, 2.45) is 4.99 Å². The highest BCUT2D eigenvalue weighted by Gasteiger charge is 2.24. The van der Waals surface area contributed by atoms with E-state index >= 15 is 0 Å². The third kappa shape index (κ3) is 5.43. The van der Waals surface area contributed by atoms with Gasteiger partial charge in [0.25, 0.3) is 5.91 Å². The van der Waals surface area contributed by atoms with Crippen LogP contribution in [0.3, 0.4) is 0 Å². The molecule has 0 aromatic heterocycles. The van der Waals surface area contributed by atoms with E-state index in [1.165, 1.54) is 18.2 Å². The van der Waals surface area contributed by atoms with Crippen LogP contribution in [0.5, 0.6) is 11.5 Å². The molecule has 1 atom stereocenters. The number of amidine groups is 1. The number of carboxylic acid groups (broad SMARTS) is 2. The van der Waals surface area contributed by atoms with Crippen LogP contribution >= 0.6 is 11.8 Å². The van der Waals surface area contributed by atoms with E-state index in [1.54, 1.807) is 37.3 Å². The van der Waals surface area contributed by atoms with Crippen molar-refractivity contribution in [2.75, 3.05) is 0 Å². The van der Waals surface area contributed by atoms with E-state index < -0.39 is 23.8 Å². The number of aliphatic carboxylic acids is 1. The minimum atomic E-state index is -1.26. The average Bonchev–Trinajstić information content (AvgIpc) is 3.04. The molecule has 4 N–H and O–H groups in total. The SMILES string of the molecule is CCC(Oc1cccc(/C=C2\SC(=Nc3ccc(C(=O)O)c(O)c3)NC2=O)c1)C(=O)O. The van der Waals surface area contributed by atoms with Gasteiger partial charge in [-0.15, -0.1) is 0 Å². The fourth-order valence-electron chi connectivity index (χ4n) is 2.67. The van der Waals surface area contributed by atoms with Gasteiger partial charge >= 0.3 is 11.9 Å². The molecule has 1 amide bonds. The molecule has 1 unspecified atom stereocenters. The summed E-state index contributed by atoms with van der Waals surface area (Å²) in [5, 5.41) is 30.7. The largest absolute Gasteiger partial charge is 0.507 e. The van der Waals surface area contributed by atoms with E-state index in [1.807, 2.05) is 0 Å². The normalized spacial score (nSPS) is 16.9. The molecule has 0 aliphatic carbocycles. The number of nitrogens with one attached hydrogen (secondary N) is 1. The molecule has 0 saturated carbocycles. The van der Waals surface area contributed by atoms with Crippen molar-refractivity contribution < 1.29 is 34.4 Å². The van der Waals surface area contributed by atoms with Gasteiger partial charge in [0.1, 0.15) is 17.1 Å². The summed E-state index contributed by atoms with van der Waals surface area (Å²) in [5.74, 6) is -2.75. The molecule has 10 heteroatoms. The Kier molecular flexibility index (Phi) is 6.61. The number of ether oxygens (including phenoxy) is 1. The minimum absolute atomic E-state index is 0.247. The highest BCUT2D eigenvalue weighted by atomic mass is 32.2. The van der Waals surface area contributed by atoms with Gasteiger partial charge in [0.15, 0.2) is 11.3 Å². The first-order valence-electron chi connectivity index (χ1n) is 9.12. The lowest BCUT2D eigenvalue weighted by Gasteiger charge is -2.13. The van der Waals surface area contributed by atoms with Crippen LogP contribution in [0.4, 0.5) is 5.69 Å². The highest BCUT2D eigenvalue weighted by molar-refractivity contribution is 8.18. The quantitative estimate of drug-likeness (QED) is 0.478. The number of aromatic carboxylic acids is 1. The van der Waals surface area contributed by atoms with E-state index in [0.29, 0.717) is 22.6 Å². The molecule has 0 spiro atoms. The lowest BCUT2D eigenvalue weighted by atomic mass is 10.2. The molecule has 0 radical (unpaired) electrons. The third-order valence-electron chi connectivity index (χ3n) is 4.17. The molecule has 2 aromatic carbocycles. The van der Waals surface area contributed by atoms with Crippen LogP contribution in [0.1, 0.15) is 29.3 Å². The summed E-state index contributed by atoms with van der Waals surface area (Å²) in [6, 6.07) is 10.5. The number of aromatic hydroxyl groups is 1. The lowest BCUT2D eigenvalue weighted by Crippen LogP contribution is -2.25. The molecule has 1 fully saturated rings. The fourth-order valence-corrected chi connectivity index (χ4v) is 3.51. The number of phenols is 1. The predicted molar refractivity (Wildman–Crippen MR) is 115 cm³/mol. The van der Waals surface area contributed by atoms with Crippen molar-refractivity contribution >= 4 is 46.5 Å². The van der Waals surface area contributed by atoms with Gasteiger partial charge in [-0.2, -0.15) is 0 Å². The van der Waals surface area contributed by atoms with Crippen molar-refractivity contribution in [1.29, 1.82) is 0 Å². The first-order chi connectivity index (χ1) is 14.8. The number of carbonyl (C=O) groups is 3. The third-order valence-corrected chi connectivity index (χ3v) is 5.08. The summed E-state index contributed by atoms with van der Waals surface area (Å²) in [5.41, 5.74) is 0.671. The minimum Gasteiger partial charge on any atom is -0.507 e. The summed E-state index contributed by atoms with van der Waals surface area (Å²) >= 11 is 1.07. The Morgan fingerprint density at radius 1 is 1.23 bits per heavy atom. The van der Waals surface area contributed by atoms with Gasteiger partial charge in [-0.05, 0) is 54.1 Å². The Morgan fingerprint density at radius 2 is 2.00 bits per heavy atom. The van der Waals surface area contributed by atoms with Crippen LogP contribution in [0.25, 0.3) is 6.08 Å². The highest BCUT2D eigenvalue weighted by Crippen LogP contribution is 2.30. The number of hydrogen-bond acceptors (Lipinski definition) is 7. The second-order valence-corrected chi connectivity index (χ2v) is 7.44. The zero-order valence-corrected chi connectivity index (χ0v) is 17.0. The Labute approximate surface area is 181 Å². The van der Waals surface area contributed by atoms with Gasteiger partial charge in [-0.1, -0.05) is 19.1 Å². The number of aliphatic imine (C=N–C) groups is 1. The Balaban J connectivity index is 1.78. The summed E-state index contributed by atoms with van der Waals surface area (Å²) in [7, 11) is 0. The smallest absolute Gasteiger partial charge is 0.344 e. The molecule has 160 valence electrons. The first-order valence-corrected chi connectivity index (χ1v) is 9.94. The monoisotopic (exact) mass is 442 g/mol. The van der Waals surface area contributed by atoms with Crippen LogP contribution < -0.4 is 10.1 Å². The van der Waals surface area contributed by atoms with Gasteiger partial charge in [-0.25, -0.2) is 14.6 Å². The Morgan fingerprint density at radius 3 is 2.65 bits per heavy atom. The van der Waals surface area contributed by atoms with Crippen molar-refractivity contribution in [3.63, 3.8) is 0 Å². The molecule has 9 nitrogen and oxygen atoms in total. The number of amides is 1. The number of benzene rings is 2. The molecule has 2 aromatic rings. The molecular weight excluding hydrogens is 424 g/mol. The number of rotatable bonds is 7. The lowest BCUT2D eigenvalue weighted by molar-refractivity contribution is -0.145. The predicted octanol–water partition coefficient (Wildman–Crippen LogP) is 3.22. The van der Waals surface area contributed by atoms with E-state index in [0.717, 1.165) is 11.8 Å². The van der Waals surface area contributed by atoms with Crippen LogP contribution in [-0.2, 0) is 9.59 Å². The fraction of sp³-hybridized carbons (Fsp3) is 0.143. The summed E-state index contributed by atoms with van der Waals surface area (Å²) in [6.07, 6.45) is 0.957. The van der Waals surface area contributed by atoms with Crippen LogP contribution in [0.2, 0.25) is 0 Å². The van der Waals surface area contributed by atoms with Crippen molar-refractivity contribution in [1.82, 2.24) is 5.32 Å². The molecular formula is C21H18N2O7S. The topological polar surface area (TPSA) is 146 Å². The summed E-state index contributed by atoms with van der Waals surface area (Å²) in [4.78, 5) is 39.0. The number of hydrogen-bond donors (Lipinski definition) is 4. The standard InChI is InChI=1S/C21H18N2O7S/c1-2-16(20(28)29)30-13-5-3-4-11(8-13)9-17-18(25)23-21(31-17)22-12-6-7-14(19(26)27)15(24)10-12/h3-10,16,24H,2H2,1H3,(H,26,27)(H,28,29)(H,22,23,25)/b17-9-. The van der Waals surface area contributed by atoms with Crippen LogP contribution in [0.15, 0.2) is 52.4 Å². The maximum Gasteiger partial charge on any atom is 0.344 e. The summed E-state index contributed by atoms with van der Waals surface area (Å²) in [6.45, 7) is 1.71.